The minimum Gasteiger partial charge on any atom is -0.397 e. The lowest BCUT2D eigenvalue weighted by molar-refractivity contribution is 0.226. The zero-order chi connectivity index (χ0) is 13.1. The van der Waals surface area contributed by atoms with Gasteiger partial charge in [0.25, 0.3) is 0 Å². The van der Waals surface area contributed by atoms with Crippen molar-refractivity contribution in [1.82, 2.24) is 4.90 Å². The van der Waals surface area contributed by atoms with Crippen LogP contribution in [0.2, 0.25) is 0 Å². The van der Waals surface area contributed by atoms with E-state index in [1.54, 1.807) is 13.0 Å². The summed E-state index contributed by atoms with van der Waals surface area (Å²) in [5.74, 6) is 0.448. The first kappa shape index (κ1) is 13.1. The molecule has 1 aromatic carbocycles. The van der Waals surface area contributed by atoms with E-state index in [-0.39, 0.29) is 5.82 Å². The fourth-order valence-corrected chi connectivity index (χ4v) is 2.37. The molecule has 0 radical (unpaired) electrons. The Morgan fingerprint density at radius 2 is 2.06 bits per heavy atom. The Balaban J connectivity index is 1.92. The molecular formula is C14H22FN3. The predicted molar refractivity (Wildman–Crippen MR) is 74.3 cm³/mol. The lowest BCUT2D eigenvalue weighted by atomic mass is 9.97. The smallest absolute Gasteiger partial charge is 0.128 e. The van der Waals surface area contributed by atoms with Crippen molar-refractivity contribution in [1.29, 1.82) is 0 Å². The maximum Gasteiger partial charge on any atom is 0.128 e. The molecule has 0 unspecified atom stereocenters. The van der Waals surface area contributed by atoms with Gasteiger partial charge in [-0.3, -0.25) is 0 Å². The number of likely N-dealkylation sites (tertiary alicyclic amines) is 1. The lowest BCUT2D eigenvalue weighted by Gasteiger charge is -2.29. The Hall–Kier alpha value is -1.29. The summed E-state index contributed by atoms with van der Waals surface area (Å²) in [7, 11) is 2.16. The molecule has 0 bridgehead atoms. The molecule has 1 aromatic rings. The highest BCUT2D eigenvalue weighted by Gasteiger charge is 2.16. The minimum atomic E-state index is -0.239. The van der Waals surface area contributed by atoms with Crippen LogP contribution in [-0.4, -0.2) is 31.6 Å². The number of aryl methyl sites for hydroxylation is 1. The van der Waals surface area contributed by atoms with E-state index in [2.05, 4.69) is 17.3 Å². The van der Waals surface area contributed by atoms with Crippen LogP contribution in [0.3, 0.4) is 0 Å². The van der Waals surface area contributed by atoms with Gasteiger partial charge in [-0.25, -0.2) is 4.39 Å². The molecule has 3 N–H and O–H groups in total. The lowest BCUT2D eigenvalue weighted by Crippen LogP contribution is -2.33. The molecule has 2 rings (SSSR count). The SMILES string of the molecule is Cc1cc(NCC2CCN(C)CC2)c(N)cc1F. The Morgan fingerprint density at radius 3 is 2.72 bits per heavy atom. The van der Waals surface area contributed by atoms with Gasteiger partial charge in [-0.15, -0.1) is 0 Å². The standard InChI is InChI=1S/C14H22FN3/c1-10-7-14(13(16)8-12(10)15)17-9-11-3-5-18(2)6-4-11/h7-8,11,17H,3-6,9,16H2,1-2H3. The van der Waals surface area contributed by atoms with Crippen LogP contribution in [0, 0.1) is 18.7 Å². The number of nitrogen functional groups attached to an aromatic ring is 1. The van der Waals surface area contributed by atoms with Gasteiger partial charge in [-0.2, -0.15) is 0 Å². The number of benzene rings is 1. The molecule has 100 valence electrons. The normalized spacial score (nSPS) is 17.9. The van der Waals surface area contributed by atoms with E-state index in [0.717, 1.165) is 25.3 Å². The van der Waals surface area contributed by atoms with Crippen molar-refractivity contribution >= 4 is 11.4 Å². The number of nitrogens with two attached hydrogens (primary N) is 1. The summed E-state index contributed by atoms with van der Waals surface area (Å²) in [6.07, 6.45) is 2.42. The average molecular weight is 251 g/mol. The summed E-state index contributed by atoms with van der Waals surface area (Å²) in [4.78, 5) is 2.35. The molecule has 0 aliphatic carbocycles. The second kappa shape index (κ2) is 5.57. The van der Waals surface area contributed by atoms with Gasteiger partial charge in [0.05, 0.1) is 11.4 Å². The highest BCUT2D eigenvalue weighted by Crippen LogP contribution is 2.24. The maximum absolute atomic E-state index is 13.3. The van der Waals surface area contributed by atoms with Crippen LogP contribution in [0.25, 0.3) is 0 Å². The van der Waals surface area contributed by atoms with Crippen molar-refractivity contribution in [2.24, 2.45) is 5.92 Å². The Labute approximate surface area is 108 Å². The third-order valence-electron chi connectivity index (χ3n) is 3.75. The average Bonchev–Trinajstić information content (AvgIpc) is 2.34. The molecule has 0 aromatic heterocycles. The van der Waals surface area contributed by atoms with Gasteiger partial charge in [-0.1, -0.05) is 0 Å². The summed E-state index contributed by atoms with van der Waals surface area (Å²) in [5, 5.41) is 3.36. The van der Waals surface area contributed by atoms with Crippen LogP contribution >= 0.6 is 0 Å². The van der Waals surface area contributed by atoms with E-state index in [9.17, 15) is 4.39 Å². The van der Waals surface area contributed by atoms with Crippen LogP contribution in [0.5, 0.6) is 0 Å². The second-order valence-corrected chi connectivity index (χ2v) is 5.32. The number of halogens is 1. The summed E-state index contributed by atoms with van der Waals surface area (Å²) in [6, 6.07) is 3.19. The minimum absolute atomic E-state index is 0.239. The van der Waals surface area contributed by atoms with Crippen molar-refractivity contribution in [2.75, 3.05) is 37.7 Å². The number of nitrogens with zero attached hydrogens (tertiary/aromatic N) is 1. The van der Waals surface area contributed by atoms with E-state index in [0.29, 0.717) is 17.2 Å². The van der Waals surface area contributed by atoms with Gasteiger partial charge in [0.1, 0.15) is 5.82 Å². The molecule has 0 atom stereocenters. The van der Waals surface area contributed by atoms with E-state index in [4.69, 9.17) is 5.73 Å². The number of nitrogens with one attached hydrogen (secondary N) is 1. The Bertz CT molecular complexity index is 412. The first-order valence-corrected chi connectivity index (χ1v) is 6.54. The Kier molecular flexibility index (Phi) is 4.07. The summed E-state index contributed by atoms with van der Waals surface area (Å²) >= 11 is 0. The third kappa shape index (κ3) is 3.13. The molecular weight excluding hydrogens is 229 g/mol. The number of hydrogen-bond donors (Lipinski definition) is 2. The number of anilines is 2. The largest absolute Gasteiger partial charge is 0.397 e. The van der Waals surface area contributed by atoms with Crippen molar-refractivity contribution in [2.45, 2.75) is 19.8 Å². The van der Waals surface area contributed by atoms with Crippen molar-refractivity contribution < 1.29 is 4.39 Å². The summed E-state index contributed by atoms with van der Waals surface area (Å²) in [5.41, 5.74) is 7.80. The zero-order valence-electron chi connectivity index (χ0n) is 11.2. The molecule has 1 aliphatic heterocycles. The van der Waals surface area contributed by atoms with Crippen molar-refractivity contribution in [3.8, 4) is 0 Å². The predicted octanol–water partition coefficient (Wildman–Crippen LogP) is 2.47. The van der Waals surface area contributed by atoms with E-state index in [1.165, 1.54) is 18.9 Å². The summed E-state index contributed by atoms with van der Waals surface area (Å²) in [6.45, 7) is 4.99. The van der Waals surface area contributed by atoms with Gasteiger partial charge in [0.15, 0.2) is 0 Å². The van der Waals surface area contributed by atoms with Gasteiger partial charge < -0.3 is 16.0 Å². The molecule has 4 heteroatoms. The molecule has 3 nitrogen and oxygen atoms in total. The molecule has 0 amide bonds. The monoisotopic (exact) mass is 251 g/mol. The third-order valence-corrected chi connectivity index (χ3v) is 3.75. The van der Waals surface area contributed by atoms with Crippen LogP contribution in [0.1, 0.15) is 18.4 Å². The number of piperidine rings is 1. The molecule has 1 saturated heterocycles. The van der Waals surface area contributed by atoms with Crippen LogP contribution in [0.15, 0.2) is 12.1 Å². The molecule has 18 heavy (non-hydrogen) atoms. The van der Waals surface area contributed by atoms with Crippen LogP contribution in [-0.2, 0) is 0 Å². The topological polar surface area (TPSA) is 41.3 Å². The fraction of sp³-hybridized carbons (Fsp3) is 0.571. The quantitative estimate of drug-likeness (QED) is 0.811. The second-order valence-electron chi connectivity index (χ2n) is 5.32. The zero-order valence-corrected chi connectivity index (χ0v) is 11.2. The van der Waals surface area contributed by atoms with Gasteiger partial charge >= 0.3 is 0 Å². The van der Waals surface area contributed by atoms with Gasteiger partial charge in [0.2, 0.25) is 0 Å². The molecule has 1 fully saturated rings. The van der Waals surface area contributed by atoms with Crippen molar-refractivity contribution in [3.63, 3.8) is 0 Å². The van der Waals surface area contributed by atoms with E-state index < -0.39 is 0 Å². The first-order chi connectivity index (χ1) is 8.56. The number of hydrogen-bond acceptors (Lipinski definition) is 3. The maximum atomic E-state index is 13.3. The molecule has 0 saturated carbocycles. The Morgan fingerprint density at radius 1 is 1.39 bits per heavy atom. The van der Waals surface area contributed by atoms with Crippen molar-refractivity contribution in [3.05, 3.63) is 23.5 Å². The highest BCUT2D eigenvalue weighted by atomic mass is 19.1. The summed E-state index contributed by atoms with van der Waals surface area (Å²) < 4.78 is 13.3. The molecule has 1 aliphatic rings. The van der Waals surface area contributed by atoms with Gasteiger partial charge in [0, 0.05) is 6.54 Å². The first-order valence-electron chi connectivity index (χ1n) is 6.54. The molecule has 0 spiro atoms. The van der Waals surface area contributed by atoms with E-state index in [1.807, 2.05) is 0 Å². The van der Waals surface area contributed by atoms with E-state index >= 15 is 0 Å². The molecule has 1 heterocycles. The van der Waals surface area contributed by atoms with Crippen LogP contribution < -0.4 is 11.1 Å². The van der Waals surface area contributed by atoms with Crippen LogP contribution in [0.4, 0.5) is 15.8 Å². The fourth-order valence-electron chi connectivity index (χ4n) is 2.37. The number of rotatable bonds is 3. The highest BCUT2D eigenvalue weighted by molar-refractivity contribution is 5.67. The van der Waals surface area contributed by atoms with Gasteiger partial charge in [-0.05, 0) is 63.5 Å².